The van der Waals surface area contributed by atoms with Crippen LogP contribution in [0.3, 0.4) is 0 Å². The van der Waals surface area contributed by atoms with Crippen molar-refractivity contribution in [1.82, 2.24) is 20.7 Å². The van der Waals surface area contributed by atoms with Gasteiger partial charge in [0.1, 0.15) is 11.4 Å². The van der Waals surface area contributed by atoms with Gasteiger partial charge < -0.3 is 24.8 Å². The zero-order valence-corrected chi connectivity index (χ0v) is 17.1. The van der Waals surface area contributed by atoms with Gasteiger partial charge in [-0.1, -0.05) is 17.3 Å². The van der Waals surface area contributed by atoms with Gasteiger partial charge in [0.25, 0.3) is 0 Å². The van der Waals surface area contributed by atoms with E-state index in [1.165, 1.54) is 5.69 Å². The standard InChI is InChI=1S/C22H27N5O3/c1-29-18-8-6-17(7-9-18)27-14-12-26(13-15-27)11-10-23-22(28)24-16-20-19-4-2-3-5-21(19)30-25-20/h2-9H,10-16H2,1H3,(H2,23,24,28). The van der Waals surface area contributed by atoms with Crippen molar-refractivity contribution in [2.75, 3.05) is 51.3 Å². The number of para-hydroxylation sites is 1. The molecule has 0 spiro atoms. The van der Waals surface area contributed by atoms with E-state index in [0.29, 0.717) is 13.1 Å². The summed E-state index contributed by atoms with van der Waals surface area (Å²) >= 11 is 0. The Kier molecular flexibility index (Phi) is 6.34. The summed E-state index contributed by atoms with van der Waals surface area (Å²) in [5.74, 6) is 0.874. The van der Waals surface area contributed by atoms with Gasteiger partial charge in [-0.25, -0.2) is 4.79 Å². The molecule has 1 aliphatic rings. The first-order valence-corrected chi connectivity index (χ1v) is 10.2. The predicted molar refractivity (Wildman–Crippen MR) is 116 cm³/mol. The van der Waals surface area contributed by atoms with Crippen LogP contribution >= 0.6 is 0 Å². The number of fused-ring (bicyclic) bond motifs is 1. The minimum atomic E-state index is -0.195. The molecule has 0 saturated carbocycles. The van der Waals surface area contributed by atoms with Crippen LogP contribution in [0.2, 0.25) is 0 Å². The van der Waals surface area contributed by atoms with Gasteiger partial charge in [-0.15, -0.1) is 0 Å². The van der Waals surface area contributed by atoms with Gasteiger partial charge in [-0.3, -0.25) is 4.90 Å². The maximum absolute atomic E-state index is 12.1. The molecule has 4 rings (SSSR count). The average Bonchev–Trinajstić information content (AvgIpc) is 3.21. The second kappa shape index (κ2) is 9.49. The first-order valence-electron chi connectivity index (χ1n) is 10.2. The molecule has 2 aromatic carbocycles. The normalized spacial score (nSPS) is 14.6. The molecule has 8 heteroatoms. The van der Waals surface area contributed by atoms with E-state index in [1.54, 1.807) is 7.11 Å². The van der Waals surface area contributed by atoms with Gasteiger partial charge in [0.2, 0.25) is 0 Å². The second-order valence-electron chi connectivity index (χ2n) is 7.26. The average molecular weight is 409 g/mol. The summed E-state index contributed by atoms with van der Waals surface area (Å²) in [6.07, 6.45) is 0. The van der Waals surface area contributed by atoms with Crippen LogP contribution in [0, 0.1) is 0 Å². The summed E-state index contributed by atoms with van der Waals surface area (Å²) in [7, 11) is 1.68. The Hall–Kier alpha value is -3.26. The Morgan fingerprint density at radius 2 is 1.83 bits per heavy atom. The molecule has 0 aliphatic carbocycles. The van der Waals surface area contributed by atoms with Gasteiger partial charge in [0.05, 0.1) is 13.7 Å². The molecule has 30 heavy (non-hydrogen) atoms. The smallest absolute Gasteiger partial charge is 0.315 e. The number of benzene rings is 2. The number of ether oxygens (including phenoxy) is 1. The maximum atomic E-state index is 12.1. The van der Waals surface area contributed by atoms with Crippen LogP contribution in [-0.2, 0) is 6.54 Å². The van der Waals surface area contributed by atoms with E-state index < -0.39 is 0 Å². The molecule has 1 aliphatic heterocycles. The number of aromatic nitrogens is 1. The van der Waals surface area contributed by atoms with Gasteiger partial charge in [0, 0.05) is 50.3 Å². The molecule has 1 fully saturated rings. The van der Waals surface area contributed by atoms with Crippen LogP contribution in [0.1, 0.15) is 5.69 Å². The molecule has 158 valence electrons. The lowest BCUT2D eigenvalue weighted by atomic mass is 10.2. The number of amides is 2. The Bertz CT molecular complexity index is 964. The number of rotatable bonds is 7. The van der Waals surface area contributed by atoms with Crippen LogP contribution < -0.4 is 20.3 Å². The third kappa shape index (κ3) is 4.83. The molecule has 1 aromatic heterocycles. The Morgan fingerprint density at radius 3 is 2.60 bits per heavy atom. The van der Waals surface area contributed by atoms with Crippen molar-refractivity contribution in [2.45, 2.75) is 6.54 Å². The van der Waals surface area contributed by atoms with Gasteiger partial charge >= 0.3 is 6.03 Å². The topological polar surface area (TPSA) is 82.9 Å². The predicted octanol–water partition coefficient (Wildman–Crippen LogP) is 2.46. The van der Waals surface area contributed by atoms with Gasteiger partial charge in [-0.2, -0.15) is 0 Å². The number of methoxy groups -OCH3 is 1. The summed E-state index contributed by atoms with van der Waals surface area (Å²) in [5, 5.41) is 10.7. The van der Waals surface area contributed by atoms with E-state index >= 15 is 0 Å². The van der Waals surface area contributed by atoms with Crippen molar-refractivity contribution in [3.05, 3.63) is 54.2 Å². The highest BCUT2D eigenvalue weighted by atomic mass is 16.5. The van der Waals surface area contributed by atoms with Crippen LogP contribution in [-0.4, -0.2) is 62.5 Å². The second-order valence-corrected chi connectivity index (χ2v) is 7.26. The summed E-state index contributed by atoms with van der Waals surface area (Å²) in [5.41, 5.74) is 2.67. The fourth-order valence-electron chi connectivity index (χ4n) is 3.64. The quantitative estimate of drug-likeness (QED) is 0.624. The largest absolute Gasteiger partial charge is 0.497 e. The van der Waals surface area contributed by atoms with Crippen LogP contribution in [0.4, 0.5) is 10.5 Å². The Morgan fingerprint density at radius 1 is 1.07 bits per heavy atom. The van der Waals surface area contributed by atoms with Gasteiger partial charge in [0.15, 0.2) is 5.58 Å². The Balaban J connectivity index is 1.15. The van der Waals surface area contributed by atoms with E-state index in [4.69, 9.17) is 9.26 Å². The first kappa shape index (κ1) is 20.0. The first-order chi connectivity index (χ1) is 14.7. The molecular weight excluding hydrogens is 382 g/mol. The summed E-state index contributed by atoms with van der Waals surface area (Å²) in [6.45, 7) is 5.66. The minimum Gasteiger partial charge on any atom is -0.497 e. The molecule has 2 N–H and O–H groups in total. The van der Waals surface area contributed by atoms with Crippen molar-refractivity contribution < 1.29 is 14.1 Å². The summed E-state index contributed by atoms with van der Waals surface area (Å²) in [6, 6.07) is 15.6. The van der Waals surface area contributed by atoms with Crippen LogP contribution in [0.5, 0.6) is 5.75 Å². The number of carbonyl (C=O) groups is 1. The lowest BCUT2D eigenvalue weighted by Crippen LogP contribution is -2.49. The maximum Gasteiger partial charge on any atom is 0.315 e. The number of hydrogen-bond acceptors (Lipinski definition) is 6. The molecule has 1 saturated heterocycles. The lowest BCUT2D eigenvalue weighted by molar-refractivity contribution is 0.231. The highest BCUT2D eigenvalue weighted by Crippen LogP contribution is 2.20. The molecule has 2 heterocycles. The van der Waals surface area contributed by atoms with Crippen molar-refractivity contribution in [2.24, 2.45) is 0 Å². The van der Waals surface area contributed by atoms with Crippen molar-refractivity contribution in [3.8, 4) is 5.75 Å². The zero-order valence-electron chi connectivity index (χ0n) is 17.1. The molecule has 0 radical (unpaired) electrons. The fourth-order valence-corrected chi connectivity index (χ4v) is 3.64. The van der Waals surface area contributed by atoms with Crippen LogP contribution in [0.15, 0.2) is 53.1 Å². The highest BCUT2D eigenvalue weighted by molar-refractivity contribution is 5.80. The van der Waals surface area contributed by atoms with Crippen molar-refractivity contribution >= 4 is 22.7 Å². The fraction of sp³-hybridized carbons (Fsp3) is 0.364. The van der Waals surface area contributed by atoms with E-state index in [2.05, 4.69) is 37.7 Å². The number of carbonyl (C=O) groups excluding carboxylic acids is 1. The molecule has 0 atom stereocenters. The number of hydrogen-bond donors (Lipinski definition) is 2. The van der Waals surface area contributed by atoms with E-state index in [-0.39, 0.29) is 6.03 Å². The molecule has 8 nitrogen and oxygen atoms in total. The number of piperazine rings is 1. The highest BCUT2D eigenvalue weighted by Gasteiger charge is 2.17. The SMILES string of the molecule is COc1ccc(N2CCN(CCNC(=O)NCc3noc4ccccc34)CC2)cc1. The number of anilines is 1. The monoisotopic (exact) mass is 409 g/mol. The number of nitrogens with zero attached hydrogens (tertiary/aromatic N) is 3. The van der Waals surface area contributed by atoms with Crippen LogP contribution in [0.25, 0.3) is 11.0 Å². The molecule has 3 aromatic rings. The zero-order chi connectivity index (χ0) is 20.8. The number of nitrogens with one attached hydrogen (secondary N) is 2. The Labute approximate surface area is 175 Å². The third-order valence-electron chi connectivity index (χ3n) is 5.39. The lowest BCUT2D eigenvalue weighted by Gasteiger charge is -2.36. The van der Waals surface area contributed by atoms with Gasteiger partial charge in [-0.05, 0) is 36.4 Å². The summed E-state index contributed by atoms with van der Waals surface area (Å²) < 4.78 is 10.5. The molecule has 0 unspecified atom stereocenters. The minimum absolute atomic E-state index is 0.195. The van der Waals surface area contributed by atoms with Crippen molar-refractivity contribution in [1.29, 1.82) is 0 Å². The van der Waals surface area contributed by atoms with Crippen molar-refractivity contribution in [3.63, 3.8) is 0 Å². The van der Waals surface area contributed by atoms with E-state index in [1.807, 2.05) is 36.4 Å². The summed E-state index contributed by atoms with van der Waals surface area (Å²) in [4.78, 5) is 16.8. The van der Waals surface area contributed by atoms with E-state index in [9.17, 15) is 4.79 Å². The molecule has 0 bridgehead atoms. The molecular formula is C22H27N5O3. The molecule has 2 amide bonds. The third-order valence-corrected chi connectivity index (χ3v) is 5.39. The number of urea groups is 1. The van der Waals surface area contributed by atoms with E-state index in [0.717, 1.165) is 55.1 Å².